The van der Waals surface area contributed by atoms with Crippen LogP contribution >= 0.6 is 0 Å². The Balaban J connectivity index is 1.96. The van der Waals surface area contributed by atoms with Crippen LogP contribution in [0.3, 0.4) is 0 Å². The highest BCUT2D eigenvalue weighted by Gasteiger charge is 2.25. The first kappa shape index (κ1) is 16.7. The monoisotopic (exact) mass is 345 g/mol. The van der Waals surface area contributed by atoms with Crippen molar-refractivity contribution in [2.45, 2.75) is 13.5 Å². The molecule has 0 unspecified atom stereocenters. The van der Waals surface area contributed by atoms with E-state index in [9.17, 15) is 19.3 Å². The number of hydrogen-bond acceptors (Lipinski definition) is 5. The molecule has 7 nitrogen and oxygen atoms in total. The summed E-state index contributed by atoms with van der Waals surface area (Å²) in [6, 6.07) is 7.62. The minimum absolute atomic E-state index is 0.148. The van der Waals surface area contributed by atoms with Gasteiger partial charge in [-0.15, -0.1) is 0 Å². The molecule has 2 aromatic carbocycles. The van der Waals surface area contributed by atoms with E-state index in [0.29, 0.717) is 22.5 Å². The van der Waals surface area contributed by atoms with Crippen LogP contribution in [0.5, 0.6) is 5.75 Å². The molecule has 0 saturated heterocycles. The maximum absolute atomic E-state index is 13.7. The third-order valence-corrected chi connectivity index (χ3v) is 3.97. The Kier molecular flexibility index (Phi) is 4.26. The fraction of sp³-hybridized carbons (Fsp3) is 0.235. The van der Waals surface area contributed by atoms with Crippen LogP contribution in [0.1, 0.15) is 11.1 Å². The van der Waals surface area contributed by atoms with Gasteiger partial charge in [0, 0.05) is 13.6 Å². The van der Waals surface area contributed by atoms with E-state index in [-0.39, 0.29) is 36.3 Å². The van der Waals surface area contributed by atoms with E-state index in [1.54, 1.807) is 31.0 Å². The number of halogens is 1. The molecule has 0 radical (unpaired) electrons. The zero-order valence-electron chi connectivity index (χ0n) is 13.7. The van der Waals surface area contributed by atoms with Crippen molar-refractivity contribution in [1.29, 1.82) is 0 Å². The van der Waals surface area contributed by atoms with Gasteiger partial charge in [-0.2, -0.15) is 0 Å². The number of aryl methyl sites for hydroxylation is 1. The topological polar surface area (TPSA) is 84.7 Å². The summed E-state index contributed by atoms with van der Waals surface area (Å²) >= 11 is 0. The van der Waals surface area contributed by atoms with Crippen molar-refractivity contribution in [3.63, 3.8) is 0 Å². The Labute approximate surface area is 143 Å². The summed E-state index contributed by atoms with van der Waals surface area (Å²) in [4.78, 5) is 24.0. The summed E-state index contributed by atoms with van der Waals surface area (Å²) in [5.41, 5.74) is 1.74. The van der Waals surface area contributed by atoms with Gasteiger partial charge in [-0.3, -0.25) is 14.9 Å². The van der Waals surface area contributed by atoms with Crippen molar-refractivity contribution >= 4 is 23.0 Å². The van der Waals surface area contributed by atoms with Crippen LogP contribution in [0.25, 0.3) is 0 Å². The van der Waals surface area contributed by atoms with Gasteiger partial charge >= 0.3 is 0 Å². The fourth-order valence-corrected chi connectivity index (χ4v) is 2.65. The molecule has 0 saturated carbocycles. The number of fused-ring (bicyclic) bond motifs is 1. The normalized spacial score (nSPS) is 12.8. The second kappa shape index (κ2) is 6.39. The Bertz CT molecular complexity index is 869. The molecule has 3 rings (SSSR count). The molecule has 1 heterocycles. The van der Waals surface area contributed by atoms with Crippen molar-refractivity contribution in [3.8, 4) is 5.75 Å². The summed E-state index contributed by atoms with van der Waals surface area (Å²) in [6.45, 7) is 1.76. The maximum atomic E-state index is 13.7. The summed E-state index contributed by atoms with van der Waals surface area (Å²) < 4.78 is 18.9. The van der Waals surface area contributed by atoms with E-state index in [1.165, 1.54) is 18.2 Å². The van der Waals surface area contributed by atoms with E-state index < -0.39 is 4.92 Å². The highest BCUT2D eigenvalue weighted by molar-refractivity contribution is 5.96. The number of carbonyl (C=O) groups is 1. The lowest BCUT2D eigenvalue weighted by molar-refractivity contribution is -0.384. The largest absolute Gasteiger partial charge is 0.481 e. The summed E-state index contributed by atoms with van der Waals surface area (Å²) in [6.07, 6.45) is 0. The Hall–Kier alpha value is -3.16. The van der Waals surface area contributed by atoms with Gasteiger partial charge in [0.2, 0.25) is 0 Å². The number of nitrogens with one attached hydrogen (secondary N) is 1. The molecule has 8 heteroatoms. The van der Waals surface area contributed by atoms with Crippen LogP contribution in [-0.4, -0.2) is 24.5 Å². The number of rotatable bonds is 4. The second-order valence-corrected chi connectivity index (χ2v) is 5.87. The molecule has 1 amide bonds. The first-order valence-corrected chi connectivity index (χ1v) is 7.56. The van der Waals surface area contributed by atoms with E-state index in [4.69, 9.17) is 4.74 Å². The number of ether oxygens (including phenoxy) is 1. The second-order valence-electron chi connectivity index (χ2n) is 5.87. The van der Waals surface area contributed by atoms with Gasteiger partial charge in [-0.05, 0) is 30.2 Å². The van der Waals surface area contributed by atoms with Gasteiger partial charge in [-0.25, -0.2) is 4.39 Å². The zero-order valence-corrected chi connectivity index (χ0v) is 13.7. The lowest BCUT2D eigenvalue weighted by Gasteiger charge is -2.23. The van der Waals surface area contributed by atoms with E-state index in [1.807, 2.05) is 0 Å². The molecule has 1 aliphatic heterocycles. The highest BCUT2D eigenvalue weighted by Crippen LogP contribution is 2.39. The first-order chi connectivity index (χ1) is 11.8. The van der Waals surface area contributed by atoms with Crippen molar-refractivity contribution in [2.24, 2.45) is 0 Å². The maximum Gasteiger partial charge on any atom is 0.296 e. The number of benzene rings is 2. The molecule has 0 aliphatic carbocycles. The molecule has 1 aliphatic rings. The molecule has 0 aromatic heterocycles. The molecule has 1 N–H and O–H groups in total. The van der Waals surface area contributed by atoms with E-state index in [0.717, 1.165) is 0 Å². The summed E-state index contributed by atoms with van der Waals surface area (Å²) in [7, 11) is 1.66. The minimum Gasteiger partial charge on any atom is -0.481 e. The molecule has 0 atom stereocenters. The van der Waals surface area contributed by atoms with Gasteiger partial charge < -0.3 is 15.0 Å². The third kappa shape index (κ3) is 3.37. The quantitative estimate of drug-likeness (QED) is 0.680. The fourth-order valence-electron chi connectivity index (χ4n) is 2.65. The predicted octanol–water partition coefficient (Wildman–Crippen LogP) is 3.01. The number of nitro benzene ring substituents is 1. The average molecular weight is 345 g/mol. The van der Waals surface area contributed by atoms with Crippen LogP contribution in [0.15, 0.2) is 30.3 Å². The van der Waals surface area contributed by atoms with Crippen molar-refractivity contribution < 1.29 is 18.8 Å². The molecule has 25 heavy (non-hydrogen) atoms. The number of hydrogen-bond donors (Lipinski definition) is 1. The molecule has 0 fully saturated rings. The van der Waals surface area contributed by atoms with Crippen LogP contribution in [-0.2, 0) is 11.3 Å². The zero-order chi connectivity index (χ0) is 18.1. The van der Waals surface area contributed by atoms with Gasteiger partial charge in [-0.1, -0.05) is 12.1 Å². The molecule has 130 valence electrons. The van der Waals surface area contributed by atoms with Gasteiger partial charge in [0.1, 0.15) is 11.5 Å². The number of nitro groups is 1. The Morgan fingerprint density at radius 1 is 1.36 bits per heavy atom. The first-order valence-electron chi connectivity index (χ1n) is 7.56. The average Bonchev–Trinajstić information content (AvgIpc) is 2.56. The smallest absolute Gasteiger partial charge is 0.296 e. The molecular weight excluding hydrogens is 329 g/mol. The predicted molar refractivity (Wildman–Crippen MR) is 90.5 cm³/mol. The van der Waals surface area contributed by atoms with E-state index >= 15 is 0 Å². The highest BCUT2D eigenvalue weighted by atomic mass is 19.1. The van der Waals surface area contributed by atoms with Crippen LogP contribution in [0.4, 0.5) is 21.5 Å². The lowest BCUT2D eigenvalue weighted by Crippen LogP contribution is -2.26. The Morgan fingerprint density at radius 2 is 2.12 bits per heavy atom. The molecule has 0 bridgehead atoms. The molecule has 0 spiro atoms. The Morgan fingerprint density at radius 3 is 2.80 bits per heavy atom. The van der Waals surface area contributed by atoms with Gasteiger partial charge in [0.05, 0.1) is 16.7 Å². The minimum atomic E-state index is -0.512. The number of carbonyl (C=O) groups excluding carboxylic acids is 1. The van der Waals surface area contributed by atoms with Crippen molar-refractivity contribution in [2.75, 3.05) is 23.9 Å². The van der Waals surface area contributed by atoms with Crippen LogP contribution in [0.2, 0.25) is 0 Å². The van der Waals surface area contributed by atoms with Crippen molar-refractivity contribution in [3.05, 3.63) is 57.4 Å². The van der Waals surface area contributed by atoms with Gasteiger partial charge in [0.15, 0.2) is 12.4 Å². The van der Waals surface area contributed by atoms with Crippen molar-refractivity contribution in [1.82, 2.24) is 0 Å². The molecule has 2 aromatic rings. The number of nitrogens with zero attached hydrogens (tertiary/aromatic N) is 2. The molecular formula is C17H16FN3O4. The van der Waals surface area contributed by atoms with E-state index in [2.05, 4.69) is 5.32 Å². The summed E-state index contributed by atoms with van der Waals surface area (Å²) in [5.74, 6) is -0.396. The lowest BCUT2D eigenvalue weighted by atomic mass is 10.1. The van der Waals surface area contributed by atoms with Gasteiger partial charge in [0.25, 0.3) is 11.6 Å². The SMILES string of the molecule is Cc1ccc(CN(C)c2cc3c(cc2[N+](=O)[O-])OCC(=O)N3)cc1F. The number of amides is 1. The standard InChI is InChI=1S/C17H16FN3O4/c1-10-3-4-11(5-12(10)18)8-20(2)14-6-13-16(7-15(14)21(23)24)25-9-17(22)19-13/h3-7H,8-9H2,1-2H3,(H,19,22). The number of anilines is 2. The van der Waals surface area contributed by atoms with Crippen LogP contribution in [0, 0.1) is 22.9 Å². The summed E-state index contributed by atoms with van der Waals surface area (Å²) in [5, 5.41) is 14.0. The third-order valence-electron chi connectivity index (χ3n) is 3.97. The van der Waals surface area contributed by atoms with Crippen LogP contribution < -0.4 is 15.0 Å².